The predicted molar refractivity (Wildman–Crippen MR) is 68.6 cm³/mol. The Kier molecular flexibility index (Phi) is 3.61. The minimum Gasteiger partial charge on any atom is -0.370 e. The highest BCUT2D eigenvalue weighted by Gasteiger charge is 2.21. The van der Waals surface area contributed by atoms with Gasteiger partial charge in [0.1, 0.15) is 0 Å². The van der Waals surface area contributed by atoms with Crippen LogP contribution < -0.4 is 4.90 Å². The van der Waals surface area contributed by atoms with Crippen LogP contribution in [0.15, 0.2) is 11.4 Å². The van der Waals surface area contributed by atoms with E-state index in [9.17, 15) is 4.79 Å². The summed E-state index contributed by atoms with van der Waals surface area (Å²) < 4.78 is 0. The summed E-state index contributed by atoms with van der Waals surface area (Å²) in [7, 11) is 4.30. The molecule has 0 amide bonds. The average molecular weight is 238 g/mol. The molecule has 0 N–H and O–H groups in total. The van der Waals surface area contributed by atoms with E-state index < -0.39 is 0 Å². The molecule has 1 aliphatic rings. The van der Waals surface area contributed by atoms with Crippen molar-refractivity contribution in [3.8, 4) is 0 Å². The molecule has 1 aromatic rings. The van der Waals surface area contributed by atoms with Crippen LogP contribution in [0.2, 0.25) is 0 Å². The molecule has 2 rings (SSSR count). The second-order valence-corrected chi connectivity index (χ2v) is 5.44. The van der Waals surface area contributed by atoms with Crippen LogP contribution in [-0.4, -0.2) is 44.4 Å². The van der Waals surface area contributed by atoms with Crippen molar-refractivity contribution < 1.29 is 4.79 Å². The number of thiophene rings is 1. The van der Waals surface area contributed by atoms with Gasteiger partial charge in [0.05, 0.1) is 4.88 Å². The molecule has 0 bridgehead atoms. The third kappa shape index (κ3) is 2.44. The molecule has 0 aliphatic carbocycles. The summed E-state index contributed by atoms with van der Waals surface area (Å²) in [6, 6.07) is 2.56. The number of likely N-dealkylation sites (N-methyl/N-ethyl adjacent to an activating group) is 2. The fourth-order valence-electron chi connectivity index (χ4n) is 2.26. The lowest BCUT2D eigenvalue weighted by Gasteiger charge is -2.36. The molecule has 88 valence electrons. The van der Waals surface area contributed by atoms with Crippen LogP contribution in [0.3, 0.4) is 0 Å². The first-order valence-electron chi connectivity index (χ1n) is 5.66. The Morgan fingerprint density at radius 1 is 1.62 bits per heavy atom. The Morgan fingerprint density at radius 3 is 3.06 bits per heavy atom. The Balaban J connectivity index is 2.05. The third-order valence-corrected chi connectivity index (χ3v) is 4.12. The average Bonchev–Trinajstić information content (AvgIpc) is 2.76. The van der Waals surface area contributed by atoms with Crippen LogP contribution >= 0.6 is 11.3 Å². The van der Waals surface area contributed by atoms with Crippen molar-refractivity contribution in [1.82, 2.24) is 4.90 Å². The first-order valence-corrected chi connectivity index (χ1v) is 6.54. The van der Waals surface area contributed by atoms with Gasteiger partial charge in [0.2, 0.25) is 0 Å². The number of aldehydes is 1. The van der Waals surface area contributed by atoms with Crippen molar-refractivity contribution in [3.63, 3.8) is 0 Å². The monoisotopic (exact) mass is 238 g/mol. The zero-order chi connectivity index (χ0) is 11.5. The smallest absolute Gasteiger partial charge is 0.160 e. The topological polar surface area (TPSA) is 23.6 Å². The van der Waals surface area contributed by atoms with Gasteiger partial charge >= 0.3 is 0 Å². The number of carbonyl (C=O) groups is 1. The number of rotatable bonds is 3. The van der Waals surface area contributed by atoms with Crippen LogP contribution in [-0.2, 0) is 0 Å². The van der Waals surface area contributed by atoms with E-state index in [0.717, 1.165) is 17.7 Å². The van der Waals surface area contributed by atoms with Crippen molar-refractivity contribution in [3.05, 3.63) is 16.3 Å². The quantitative estimate of drug-likeness (QED) is 0.753. The molecule has 3 nitrogen and oxygen atoms in total. The van der Waals surface area contributed by atoms with Gasteiger partial charge in [-0.3, -0.25) is 4.79 Å². The van der Waals surface area contributed by atoms with Crippen LogP contribution in [0, 0.1) is 0 Å². The lowest BCUT2D eigenvalue weighted by molar-refractivity contribution is 0.112. The number of hydrogen-bond acceptors (Lipinski definition) is 4. The summed E-state index contributed by atoms with van der Waals surface area (Å²) in [6.07, 6.45) is 3.43. The van der Waals surface area contributed by atoms with E-state index in [0.29, 0.717) is 6.04 Å². The molecule has 1 atom stereocenters. The van der Waals surface area contributed by atoms with Gasteiger partial charge in [-0.05, 0) is 32.5 Å². The van der Waals surface area contributed by atoms with Gasteiger partial charge in [0, 0.05) is 30.7 Å². The zero-order valence-electron chi connectivity index (χ0n) is 9.85. The number of piperidine rings is 1. The maximum Gasteiger partial charge on any atom is 0.160 e. The largest absolute Gasteiger partial charge is 0.370 e. The summed E-state index contributed by atoms with van der Waals surface area (Å²) in [4.78, 5) is 16.1. The van der Waals surface area contributed by atoms with Crippen molar-refractivity contribution in [2.75, 3.05) is 32.1 Å². The van der Waals surface area contributed by atoms with Gasteiger partial charge < -0.3 is 9.80 Å². The highest BCUT2D eigenvalue weighted by Crippen LogP contribution is 2.25. The normalized spacial score (nSPS) is 22.0. The third-order valence-electron chi connectivity index (χ3n) is 3.28. The Labute approximate surface area is 101 Å². The van der Waals surface area contributed by atoms with Crippen molar-refractivity contribution in [2.45, 2.75) is 18.9 Å². The Morgan fingerprint density at radius 2 is 2.44 bits per heavy atom. The van der Waals surface area contributed by atoms with Crippen molar-refractivity contribution in [1.29, 1.82) is 0 Å². The first-order chi connectivity index (χ1) is 7.70. The molecular formula is C12H18N2OS. The minimum atomic E-state index is 0.577. The van der Waals surface area contributed by atoms with E-state index >= 15 is 0 Å². The molecule has 16 heavy (non-hydrogen) atoms. The van der Waals surface area contributed by atoms with Crippen molar-refractivity contribution >= 4 is 23.3 Å². The van der Waals surface area contributed by atoms with Crippen molar-refractivity contribution in [2.24, 2.45) is 0 Å². The number of carbonyl (C=O) groups excluding carboxylic acids is 1. The minimum absolute atomic E-state index is 0.577. The number of likely N-dealkylation sites (tertiary alicyclic amines) is 1. The van der Waals surface area contributed by atoms with Gasteiger partial charge in [-0.1, -0.05) is 0 Å². The lowest BCUT2D eigenvalue weighted by Crippen LogP contribution is -2.44. The van der Waals surface area contributed by atoms with E-state index in [-0.39, 0.29) is 0 Å². The van der Waals surface area contributed by atoms with Gasteiger partial charge in [-0.15, -0.1) is 11.3 Å². The van der Waals surface area contributed by atoms with Gasteiger partial charge in [0.25, 0.3) is 0 Å². The summed E-state index contributed by atoms with van der Waals surface area (Å²) in [5.41, 5.74) is 1.17. The van der Waals surface area contributed by atoms with Crippen LogP contribution in [0.5, 0.6) is 0 Å². The second kappa shape index (κ2) is 4.97. The highest BCUT2D eigenvalue weighted by molar-refractivity contribution is 7.12. The van der Waals surface area contributed by atoms with Gasteiger partial charge in [-0.2, -0.15) is 0 Å². The SMILES string of the molecule is CN1CCCC(N(C)c2csc(C=O)c2)C1. The summed E-state index contributed by atoms with van der Waals surface area (Å²) >= 11 is 1.52. The first kappa shape index (κ1) is 11.6. The molecule has 1 saturated heterocycles. The molecule has 0 saturated carbocycles. The summed E-state index contributed by atoms with van der Waals surface area (Å²) in [5, 5.41) is 2.07. The number of nitrogens with zero attached hydrogens (tertiary/aromatic N) is 2. The molecule has 4 heteroatoms. The number of hydrogen-bond donors (Lipinski definition) is 0. The molecule has 1 fully saturated rings. The maximum atomic E-state index is 10.7. The molecule has 1 aliphatic heterocycles. The molecule has 0 radical (unpaired) electrons. The standard InChI is InChI=1S/C12H18N2OS/c1-13-5-3-4-10(7-13)14(2)11-6-12(8-15)16-9-11/h6,8-10H,3-5,7H2,1-2H3. The van der Waals surface area contributed by atoms with E-state index in [2.05, 4.69) is 29.3 Å². The van der Waals surface area contributed by atoms with E-state index in [4.69, 9.17) is 0 Å². The summed E-state index contributed by atoms with van der Waals surface area (Å²) in [6.45, 7) is 2.32. The molecular weight excluding hydrogens is 220 g/mol. The zero-order valence-corrected chi connectivity index (χ0v) is 10.7. The van der Waals surface area contributed by atoms with Crippen LogP contribution in [0.25, 0.3) is 0 Å². The van der Waals surface area contributed by atoms with E-state index in [1.807, 2.05) is 6.07 Å². The van der Waals surface area contributed by atoms with Gasteiger partial charge in [0.15, 0.2) is 6.29 Å². The fraction of sp³-hybridized carbons (Fsp3) is 0.583. The van der Waals surface area contributed by atoms with Crippen LogP contribution in [0.4, 0.5) is 5.69 Å². The highest BCUT2D eigenvalue weighted by atomic mass is 32.1. The number of anilines is 1. The van der Waals surface area contributed by atoms with E-state index in [1.54, 1.807) is 0 Å². The summed E-state index contributed by atoms with van der Waals surface area (Å²) in [5.74, 6) is 0. The lowest BCUT2D eigenvalue weighted by atomic mass is 10.0. The molecule has 0 aromatic carbocycles. The second-order valence-electron chi connectivity index (χ2n) is 4.49. The molecule has 1 unspecified atom stereocenters. The maximum absolute atomic E-state index is 10.7. The molecule has 2 heterocycles. The van der Waals surface area contributed by atoms with Gasteiger partial charge in [-0.25, -0.2) is 0 Å². The Bertz CT molecular complexity index is 364. The van der Waals surface area contributed by atoms with Crippen LogP contribution in [0.1, 0.15) is 22.5 Å². The predicted octanol–water partition coefficient (Wildman–Crippen LogP) is 2.09. The molecule has 0 spiro atoms. The van der Waals surface area contributed by atoms with E-state index in [1.165, 1.54) is 36.4 Å². The molecule has 1 aromatic heterocycles. The Hall–Kier alpha value is -0.870. The fourth-order valence-corrected chi connectivity index (χ4v) is 2.99.